The predicted molar refractivity (Wildman–Crippen MR) is 91.9 cm³/mol. The van der Waals surface area contributed by atoms with Gasteiger partial charge >= 0.3 is 12.1 Å². The standard InChI is InChI=1S/C17H17F4N3O4S/c1-23(14-3-2-4-15-13(14)8-22-24(15)9-16(25)26)29(27,28)12-6-10(17(19,20)21)5-11(18)7-12/h5-8,14H,2-4,9H2,1H3,(H,25,26)/t14-/m1/s1. The van der Waals surface area contributed by atoms with E-state index in [-0.39, 0.29) is 6.07 Å². The Hall–Kier alpha value is -2.47. The summed E-state index contributed by atoms with van der Waals surface area (Å²) in [4.78, 5) is 10.2. The van der Waals surface area contributed by atoms with Gasteiger partial charge < -0.3 is 5.11 Å². The number of carbonyl (C=O) groups is 1. The SMILES string of the molecule is CN([C@@H]1CCCc2c1cnn2CC(=O)O)S(=O)(=O)c1cc(F)cc(C(F)(F)F)c1. The Morgan fingerprint density at radius 1 is 1.34 bits per heavy atom. The fourth-order valence-corrected chi connectivity index (χ4v) is 4.87. The lowest BCUT2D eigenvalue weighted by Gasteiger charge is -2.31. The van der Waals surface area contributed by atoms with Crippen molar-refractivity contribution in [1.82, 2.24) is 14.1 Å². The number of carboxylic acid groups (broad SMARTS) is 1. The number of sulfonamides is 1. The smallest absolute Gasteiger partial charge is 0.416 e. The highest BCUT2D eigenvalue weighted by Crippen LogP contribution is 2.38. The van der Waals surface area contributed by atoms with Crippen molar-refractivity contribution in [2.24, 2.45) is 0 Å². The van der Waals surface area contributed by atoms with Crippen LogP contribution in [0.2, 0.25) is 0 Å². The van der Waals surface area contributed by atoms with Gasteiger partial charge in [-0.1, -0.05) is 0 Å². The van der Waals surface area contributed by atoms with Gasteiger partial charge in [0.2, 0.25) is 10.0 Å². The third-order valence-corrected chi connectivity index (χ3v) is 6.67. The second-order valence-electron chi connectivity index (χ2n) is 6.70. The number of benzene rings is 1. The molecule has 1 aliphatic carbocycles. The topological polar surface area (TPSA) is 92.5 Å². The van der Waals surface area contributed by atoms with Gasteiger partial charge in [0.25, 0.3) is 0 Å². The molecule has 3 rings (SSSR count). The van der Waals surface area contributed by atoms with Crippen LogP contribution < -0.4 is 0 Å². The van der Waals surface area contributed by atoms with E-state index in [1.165, 1.54) is 17.9 Å². The van der Waals surface area contributed by atoms with Gasteiger partial charge in [0.1, 0.15) is 12.4 Å². The first-order chi connectivity index (χ1) is 13.4. The van der Waals surface area contributed by atoms with Gasteiger partial charge in [-0.2, -0.15) is 22.6 Å². The Balaban J connectivity index is 1.99. The number of carboxylic acids is 1. The lowest BCUT2D eigenvalue weighted by molar-refractivity contribution is -0.138. The van der Waals surface area contributed by atoms with Crippen molar-refractivity contribution in [3.8, 4) is 0 Å². The third-order valence-electron chi connectivity index (χ3n) is 4.83. The Kier molecular flexibility index (Phi) is 5.43. The van der Waals surface area contributed by atoms with Crippen LogP contribution in [0.4, 0.5) is 17.6 Å². The summed E-state index contributed by atoms with van der Waals surface area (Å²) in [5.74, 6) is -2.43. The largest absolute Gasteiger partial charge is 0.480 e. The zero-order valence-corrected chi connectivity index (χ0v) is 16.0. The van der Waals surface area contributed by atoms with E-state index in [9.17, 15) is 30.8 Å². The number of alkyl halides is 3. The minimum atomic E-state index is -4.90. The molecule has 0 bridgehead atoms. The molecule has 0 aliphatic heterocycles. The molecule has 0 saturated heterocycles. The van der Waals surface area contributed by atoms with E-state index in [1.807, 2.05) is 0 Å². The second kappa shape index (κ2) is 7.41. The molecule has 158 valence electrons. The van der Waals surface area contributed by atoms with Crippen LogP contribution in [0.1, 0.15) is 35.7 Å². The zero-order chi connectivity index (χ0) is 21.6. The summed E-state index contributed by atoms with van der Waals surface area (Å²) in [6, 6.07) is 0.405. The predicted octanol–water partition coefficient (Wildman–Crippen LogP) is 2.82. The third kappa shape index (κ3) is 4.13. The van der Waals surface area contributed by atoms with Gasteiger partial charge in [0.15, 0.2) is 0 Å². The minimum Gasteiger partial charge on any atom is -0.480 e. The average Bonchev–Trinajstić information content (AvgIpc) is 3.02. The molecule has 1 aromatic carbocycles. The molecule has 29 heavy (non-hydrogen) atoms. The highest BCUT2D eigenvalue weighted by Gasteiger charge is 2.37. The van der Waals surface area contributed by atoms with Crippen LogP contribution in [0.25, 0.3) is 0 Å². The highest BCUT2D eigenvalue weighted by molar-refractivity contribution is 7.89. The molecule has 1 N–H and O–H groups in total. The molecule has 2 aromatic rings. The molecule has 0 fully saturated rings. The van der Waals surface area contributed by atoms with Crippen LogP contribution in [0.15, 0.2) is 29.3 Å². The number of nitrogens with zero attached hydrogens (tertiary/aromatic N) is 3. The van der Waals surface area contributed by atoms with E-state index in [0.717, 1.165) is 4.31 Å². The molecule has 0 unspecified atom stereocenters. The van der Waals surface area contributed by atoms with Gasteiger partial charge in [-0.3, -0.25) is 9.48 Å². The van der Waals surface area contributed by atoms with Gasteiger partial charge in [-0.25, -0.2) is 12.8 Å². The maximum atomic E-state index is 13.7. The zero-order valence-electron chi connectivity index (χ0n) is 15.1. The van der Waals surface area contributed by atoms with Crippen molar-refractivity contribution in [1.29, 1.82) is 0 Å². The van der Waals surface area contributed by atoms with Crippen molar-refractivity contribution in [2.75, 3.05) is 7.05 Å². The summed E-state index contributed by atoms with van der Waals surface area (Å²) >= 11 is 0. The molecule has 0 amide bonds. The fraction of sp³-hybridized carbons (Fsp3) is 0.412. The van der Waals surface area contributed by atoms with E-state index < -0.39 is 51.0 Å². The quantitative estimate of drug-likeness (QED) is 0.730. The van der Waals surface area contributed by atoms with E-state index >= 15 is 0 Å². The number of rotatable bonds is 5. The molecule has 0 radical (unpaired) electrons. The first kappa shape index (κ1) is 21.2. The lowest BCUT2D eigenvalue weighted by Crippen LogP contribution is -2.33. The number of hydrogen-bond donors (Lipinski definition) is 1. The molecule has 1 aromatic heterocycles. The lowest BCUT2D eigenvalue weighted by atomic mass is 9.93. The molecular formula is C17H17F4N3O4S. The van der Waals surface area contributed by atoms with E-state index in [1.54, 1.807) is 0 Å². The molecule has 0 spiro atoms. The first-order valence-corrected chi connectivity index (χ1v) is 9.97. The summed E-state index contributed by atoms with van der Waals surface area (Å²) in [5.41, 5.74) is -0.361. The summed E-state index contributed by atoms with van der Waals surface area (Å²) < 4.78 is 80.6. The van der Waals surface area contributed by atoms with Crippen molar-refractivity contribution in [2.45, 2.75) is 42.9 Å². The highest BCUT2D eigenvalue weighted by atomic mass is 32.2. The van der Waals surface area contributed by atoms with Gasteiger partial charge in [0, 0.05) is 18.3 Å². The van der Waals surface area contributed by atoms with Crippen molar-refractivity contribution >= 4 is 16.0 Å². The Labute approximate surface area is 163 Å². The number of halogens is 4. The maximum absolute atomic E-state index is 13.7. The van der Waals surface area contributed by atoms with Crippen molar-refractivity contribution < 1.29 is 35.9 Å². The minimum absolute atomic E-state index is 0.230. The second-order valence-corrected chi connectivity index (χ2v) is 8.70. The summed E-state index contributed by atoms with van der Waals surface area (Å²) in [5, 5.41) is 13.0. The summed E-state index contributed by atoms with van der Waals surface area (Å²) in [6.45, 7) is -0.392. The summed E-state index contributed by atoms with van der Waals surface area (Å²) in [6.07, 6.45) is -2.16. The number of aromatic nitrogens is 2. The monoisotopic (exact) mass is 435 g/mol. The Morgan fingerprint density at radius 3 is 2.66 bits per heavy atom. The van der Waals surface area contributed by atoms with E-state index in [2.05, 4.69) is 5.10 Å². The molecule has 12 heteroatoms. The Morgan fingerprint density at radius 2 is 2.03 bits per heavy atom. The molecule has 1 heterocycles. The normalized spacial score (nSPS) is 17.4. The number of fused-ring (bicyclic) bond motifs is 1. The van der Waals surface area contributed by atoms with Gasteiger partial charge in [0.05, 0.1) is 22.7 Å². The van der Waals surface area contributed by atoms with Crippen LogP contribution in [0.3, 0.4) is 0 Å². The van der Waals surface area contributed by atoms with Crippen molar-refractivity contribution in [3.05, 3.63) is 47.0 Å². The molecule has 1 aliphatic rings. The average molecular weight is 435 g/mol. The molecule has 0 saturated carbocycles. The van der Waals surface area contributed by atoms with Crippen LogP contribution in [0, 0.1) is 5.82 Å². The molecule has 1 atom stereocenters. The Bertz CT molecular complexity index is 1050. The number of aliphatic carboxylic acids is 1. The van der Waals surface area contributed by atoms with Crippen LogP contribution >= 0.6 is 0 Å². The van der Waals surface area contributed by atoms with Gasteiger partial charge in [-0.15, -0.1) is 0 Å². The van der Waals surface area contributed by atoms with E-state index in [0.29, 0.717) is 42.7 Å². The van der Waals surface area contributed by atoms with Crippen LogP contribution in [-0.4, -0.2) is 40.6 Å². The van der Waals surface area contributed by atoms with Crippen LogP contribution in [-0.2, 0) is 34.0 Å². The first-order valence-electron chi connectivity index (χ1n) is 8.53. The van der Waals surface area contributed by atoms with Crippen molar-refractivity contribution in [3.63, 3.8) is 0 Å². The van der Waals surface area contributed by atoms with E-state index in [4.69, 9.17) is 5.11 Å². The van der Waals surface area contributed by atoms with Gasteiger partial charge in [-0.05, 0) is 37.5 Å². The maximum Gasteiger partial charge on any atom is 0.416 e. The van der Waals surface area contributed by atoms with Crippen LogP contribution in [0.5, 0.6) is 0 Å². The summed E-state index contributed by atoms with van der Waals surface area (Å²) in [7, 11) is -3.26. The molecule has 7 nitrogen and oxygen atoms in total. The fourth-order valence-electron chi connectivity index (χ4n) is 3.45. The molecular weight excluding hydrogens is 418 g/mol. The number of hydrogen-bond acceptors (Lipinski definition) is 4.